The summed E-state index contributed by atoms with van der Waals surface area (Å²) in [6.45, 7) is 4.11. The Morgan fingerprint density at radius 2 is 2.29 bits per heavy atom. The molecule has 2 N–H and O–H groups in total. The van der Waals surface area contributed by atoms with Gasteiger partial charge in [-0.05, 0) is 26.2 Å². The average molecular weight is 202 g/mol. The zero-order chi connectivity index (χ0) is 10.8. The molecule has 14 heavy (non-hydrogen) atoms. The zero-order valence-corrected chi connectivity index (χ0v) is 8.75. The highest BCUT2D eigenvalue weighted by atomic mass is 16.5. The molecular formula is C10H18O4. The number of carboxylic acid groups (broad SMARTS) is 1. The Labute approximate surface area is 83.9 Å². The molecule has 2 atom stereocenters. The minimum Gasteiger partial charge on any atom is -0.481 e. The van der Waals surface area contributed by atoms with Crippen LogP contribution >= 0.6 is 0 Å². The molecule has 1 aliphatic rings. The lowest BCUT2D eigenvalue weighted by molar-refractivity contribution is -0.188. The van der Waals surface area contributed by atoms with E-state index in [1.54, 1.807) is 13.8 Å². The maximum absolute atomic E-state index is 11.1. The Kier molecular flexibility index (Phi) is 3.17. The van der Waals surface area contributed by atoms with E-state index in [1.165, 1.54) is 0 Å². The van der Waals surface area contributed by atoms with Crippen LogP contribution in [0.25, 0.3) is 0 Å². The van der Waals surface area contributed by atoms with Gasteiger partial charge < -0.3 is 14.9 Å². The number of rotatable bonds is 3. The van der Waals surface area contributed by atoms with Crippen LogP contribution in [0, 0.1) is 5.41 Å². The van der Waals surface area contributed by atoms with E-state index < -0.39 is 17.0 Å². The molecule has 1 fully saturated rings. The van der Waals surface area contributed by atoms with Crippen LogP contribution in [0.3, 0.4) is 0 Å². The van der Waals surface area contributed by atoms with Gasteiger partial charge >= 0.3 is 5.97 Å². The molecule has 1 heterocycles. The number of aliphatic hydroxyl groups is 1. The van der Waals surface area contributed by atoms with E-state index in [1.807, 2.05) is 0 Å². The van der Waals surface area contributed by atoms with Crippen molar-refractivity contribution in [3.63, 3.8) is 0 Å². The van der Waals surface area contributed by atoms with Gasteiger partial charge in [0.25, 0.3) is 0 Å². The van der Waals surface area contributed by atoms with Gasteiger partial charge in [0.2, 0.25) is 0 Å². The lowest BCUT2D eigenvalue weighted by atomic mass is 9.69. The molecule has 0 bridgehead atoms. The van der Waals surface area contributed by atoms with Gasteiger partial charge in [-0.1, -0.05) is 6.92 Å². The summed E-state index contributed by atoms with van der Waals surface area (Å²) in [7, 11) is 0. The molecule has 1 saturated heterocycles. The second-order valence-electron chi connectivity index (χ2n) is 4.18. The number of carboxylic acids is 1. The fourth-order valence-electron chi connectivity index (χ4n) is 1.89. The van der Waals surface area contributed by atoms with Crippen molar-refractivity contribution in [2.75, 3.05) is 13.2 Å². The van der Waals surface area contributed by atoms with Crippen LogP contribution < -0.4 is 0 Å². The third-order valence-corrected chi connectivity index (χ3v) is 3.43. The molecule has 2 unspecified atom stereocenters. The Morgan fingerprint density at radius 3 is 2.64 bits per heavy atom. The van der Waals surface area contributed by atoms with E-state index in [9.17, 15) is 9.90 Å². The first-order valence-electron chi connectivity index (χ1n) is 5.00. The molecule has 4 nitrogen and oxygen atoms in total. The first-order valence-corrected chi connectivity index (χ1v) is 5.00. The predicted molar refractivity (Wildman–Crippen MR) is 51.0 cm³/mol. The molecule has 0 aromatic heterocycles. The van der Waals surface area contributed by atoms with Gasteiger partial charge in [-0.3, -0.25) is 4.79 Å². The lowest BCUT2D eigenvalue weighted by Gasteiger charge is -2.43. The SMILES string of the molecule is CCC(C)(C(=O)O)C1(O)CCCOC1. The van der Waals surface area contributed by atoms with Crippen LogP contribution in [0.4, 0.5) is 0 Å². The van der Waals surface area contributed by atoms with Crippen LogP contribution in [-0.2, 0) is 9.53 Å². The van der Waals surface area contributed by atoms with Crippen molar-refractivity contribution in [2.45, 2.75) is 38.7 Å². The molecule has 0 aromatic rings. The Hall–Kier alpha value is -0.610. The predicted octanol–water partition coefficient (Wildman–Crippen LogP) is 1.03. The summed E-state index contributed by atoms with van der Waals surface area (Å²) in [6, 6.07) is 0. The summed E-state index contributed by atoms with van der Waals surface area (Å²) in [5, 5.41) is 19.4. The molecule has 1 aliphatic heterocycles. The highest BCUT2D eigenvalue weighted by molar-refractivity contribution is 5.75. The molecule has 0 aromatic carbocycles. The van der Waals surface area contributed by atoms with Crippen molar-refractivity contribution in [3.8, 4) is 0 Å². The summed E-state index contributed by atoms with van der Waals surface area (Å²) >= 11 is 0. The van der Waals surface area contributed by atoms with Gasteiger partial charge in [0.05, 0.1) is 12.0 Å². The lowest BCUT2D eigenvalue weighted by Crippen LogP contribution is -2.55. The minimum absolute atomic E-state index is 0.129. The largest absolute Gasteiger partial charge is 0.481 e. The van der Waals surface area contributed by atoms with Crippen molar-refractivity contribution in [3.05, 3.63) is 0 Å². The van der Waals surface area contributed by atoms with Crippen molar-refractivity contribution in [1.82, 2.24) is 0 Å². The minimum atomic E-state index is -1.22. The van der Waals surface area contributed by atoms with Crippen LogP contribution in [0.2, 0.25) is 0 Å². The smallest absolute Gasteiger partial charge is 0.312 e. The van der Waals surface area contributed by atoms with E-state index in [0.29, 0.717) is 19.4 Å². The van der Waals surface area contributed by atoms with Crippen molar-refractivity contribution in [1.29, 1.82) is 0 Å². The summed E-state index contributed by atoms with van der Waals surface area (Å²) in [5.74, 6) is -0.951. The van der Waals surface area contributed by atoms with Gasteiger partial charge in [0.15, 0.2) is 0 Å². The monoisotopic (exact) mass is 202 g/mol. The summed E-state index contributed by atoms with van der Waals surface area (Å²) in [5.41, 5.74) is -2.32. The highest BCUT2D eigenvalue weighted by Crippen LogP contribution is 2.40. The first-order chi connectivity index (χ1) is 6.46. The number of hydrogen-bond donors (Lipinski definition) is 2. The van der Waals surface area contributed by atoms with Gasteiger partial charge in [-0.2, -0.15) is 0 Å². The number of carbonyl (C=O) groups is 1. The summed E-state index contributed by atoms with van der Waals surface area (Å²) in [6.07, 6.45) is 1.63. The van der Waals surface area contributed by atoms with Gasteiger partial charge in [-0.25, -0.2) is 0 Å². The van der Waals surface area contributed by atoms with Gasteiger partial charge in [0.1, 0.15) is 5.60 Å². The Bertz CT molecular complexity index is 220. The zero-order valence-electron chi connectivity index (χ0n) is 8.75. The van der Waals surface area contributed by atoms with Crippen LogP contribution in [0.15, 0.2) is 0 Å². The quantitative estimate of drug-likeness (QED) is 0.717. The normalized spacial score (nSPS) is 32.2. The van der Waals surface area contributed by atoms with Crippen molar-refractivity contribution >= 4 is 5.97 Å². The summed E-state index contributed by atoms with van der Waals surface area (Å²) in [4.78, 5) is 11.1. The summed E-state index contributed by atoms with van der Waals surface area (Å²) < 4.78 is 5.17. The molecular weight excluding hydrogens is 184 g/mol. The third kappa shape index (κ3) is 1.64. The van der Waals surface area contributed by atoms with E-state index >= 15 is 0 Å². The molecule has 0 radical (unpaired) electrons. The van der Waals surface area contributed by atoms with E-state index in [-0.39, 0.29) is 6.61 Å². The number of hydrogen-bond acceptors (Lipinski definition) is 3. The molecule has 0 spiro atoms. The van der Waals surface area contributed by atoms with Gasteiger partial charge in [-0.15, -0.1) is 0 Å². The molecule has 82 valence electrons. The molecule has 0 aliphatic carbocycles. The highest BCUT2D eigenvalue weighted by Gasteiger charge is 2.52. The fraction of sp³-hybridized carbons (Fsp3) is 0.900. The van der Waals surface area contributed by atoms with E-state index in [4.69, 9.17) is 9.84 Å². The first kappa shape index (κ1) is 11.5. The average Bonchev–Trinajstić information content (AvgIpc) is 2.17. The van der Waals surface area contributed by atoms with Crippen LogP contribution in [0.1, 0.15) is 33.1 Å². The number of ether oxygens (including phenoxy) is 1. The third-order valence-electron chi connectivity index (χ3n) is 3.43. The maximum atomic E-state index is 11.1. The van der Waals surface area contributed by atoms with E-state index in [2.05, 4.69) is 0 Å². The maximum Gasteiger partial charge on any atom is 0.312 e. The van der Waals surface area contributed by atoms with Gasteiger partial charge in [0, 0.05) is 6.61 Å². The second-order valence-corrected chi connectivity index (χ2v) is 4.18. The Balaban J connectivity index is 2.90. The fourth-order valence-corrected chi connectivity index (χ4v) is 1.89. The molecule has 1 rings (SSSR count). The van der Waals surface area contributed by atoms with Crippen LogP contribution in [0.5, 0.6) is 0 Å². The Morgan fingerprint density at radius 1 is 1.64 bits per heavy atom. The van der Waals surface area contributed by atoms with Crippen molar-refractivity contribution in [2.24, 2.45) is 5.41 Å². The standard InChI is InChI=1S/C10H18O4/c1-3-9(2,8(11)12)10(13)5-4-6-14-7-10/h13H,3-7H2,1-2H3,(H,11,12). The van der Waals surface area contributed by atoms with Crippen LogP contribution in [-0.4, -0.2) is 35.0 Å². The molecule has 0 amide bonds. The molecule has 0 saturated carbocycles. The second kappa shape index (κ2) is 3.87. The van der Waals surface area contributed by atoms with Crippen molar-refractivity contribution < 1.29 is 19.7 Å². The molecule has 4 heteroatoms. The van der Waals surface area contributed by atoms with E-state index in [0.717, 1.165) is 6.42 Å². The topological polar surface area (TPSA) is 66.8 Å². The number of aliphatic carboxylic acids is 1.